The number of halogens is 1. The smallest absolute Gasteiger partial charge is 0.143 e. The Balaban J connectivity index is 2.95. The monoisotopic (exact) mass is 170 g/mol. The van der Waals surface area contributed by atoms with E-state index in [1.165, 1.54) is 19.2 Å². The Kier molecular flexibility index (Phi) is 2.88. The molecule has 0 aliphatic heterocycles. The van der Waals surface area contributed by atoms with E-state index in [0.717, 1.165) is 0 Å². The normalized spacial score (nSPS) is 9.58. The van der Waals surface area contributed by atoms with Crippen molar-refractivity contribution < 1.29 is 9.13 Å². The number of rotatable bonds is 3. The van der Waals surface area contributed by atoms with Gasteiger partial charge in [-0.1, -0.05) is 0 Å². The zero-order chi connectivity index (χ0) is 8.97. The Bertz CT molecular complexity index is 265. The molecule has 0 atom stereocenters. The summed E-state index contributed by atoms with van der Waals surface area (Å²) in [5.74, 6) is 0.305. The molecule has 0 radical (unpaired) electrons. The molecule has 0 aliphatic carbocycles. The Morgan fingerprint density at radius 3 is 2.75 bits per heavy atom. The van der Waals surface area contributed by atoms with Gasteiger partial charge in [-0.25, -0.2) is 9.82 Å². The molecule has 0 heterocycles. The zero-order valence-corrected chi connectivity index (χ0v) is 7.02. The molecule has 0 saturated carbocycles. The summed E-state index contributed by atoms with van der Waals surface area (Å²) in [6.07, 6.45) is 0. The van der Waals surface area contributed by atoms with Gasteiger partial charge in [-0.05, 0) is 12.1 Å². The lowest BCUT2D eigenvalue weighted by atomic mass is 10.3. The van der Waals surface area contributed by atoms with Crippen LogP contribution in [0.25, 0.3) is 0 Å². The fourth-order valence-corrected chi connectivity index (χ4v) is 0.913. The van der Waals surface area contributed by atoms with Crippen molar-refractivity contribution in [1.82, 2.24) is 5.43 Å². The standard InChI is InChI=1S/C8H11FN2O/c1-10-11-7-5-6(9)3-4-8(7)12-2/h3-5,10-11H,1-2H3. The summed E-state index contributed by atoms with van der Waals surface area (Å²) >= 11 is 0. The van der Waals surface area contributed by atoms with Crippen LogP contribution in [0.15, 0.2) is 18.2 Å². The highest BCUT2D eigenvalue weighted by Gasteiger charge is 2.01. The molecule has 3 nitrogen and oxygen atoms in total. The van der Waals surface area contributed by atoms with Gasteiger partial charge in [0.25, 0.3) is 0 Å². The highest BCUT2D eigenvalue weighted by molar-refractivity contribution is 5.55. The van der Waals surface area contributed by atoms with Crippen LogP contribution in [-0.4, -0.2) is 14.2 Å². The minimum Gasteiger partial charge on any atom is -0.495 e. The maximum Gasteiger partial charge on any atom is 0.143 e. The van der Waals surface area contributed by atoms with E-state index in [0.29, 0.717) is 11.4 Å². The van der Waals surface area contributed by atoms with E-state index in [4.69, 9.17) is 4.74 Å². The molecule has 0 aromatic heterocycles. The lowest BCUT2D eigenvalue weighted by molar-refractivity contribution is 0.415. The second-order valence-corrected chi connectivity index (χ2v) is 2.22. The van der Waals surface area contributed by atoms with Gasteiger partial charge in [0.2, 0.25) is 0 Å². The molecule has 1 aromatic carbocycles. The number of hydrogen-bond acceptors (Lipinski definition) is 3. The molecule has 0 saturated heterocycles. The first-order valence-electron chi connectivity index (χ1n) is 3.54. The van der Waals surface area contributed by atoms with Gasteiger partial charge >= 0.3 is 0 Å². The minimum absolute atomic E-state index is 0.298. The zero-order valence-electron chi connectivity index (χ0n) is 7.02. The quantitative estimate of drug-likeness (QED) is 0.672. The summed E-state index contributed by atoms with van der Waals surface area (Å²) in [6, 6.07) is 4.27. The first-order valence-corrected chi connectivity index (χ1v) is 3.54. The number of anilines is 1. The average molecular weight is 170 g/mol. The molecule has 0 bridgehead atoms. The number of methoxy groups -OCH3 is 1. The van der Waals surface area contributed by atoms with E-state index in [-0.39, 0.29) is 5.82 Å². The third-order valence-electron chi connectivity index (χ3n) is 1.42. The minimum atomic E-state index is -0.298. The van der Waals surface area contributed by atoms with E-state index in [1.54, 1.807) is 13.1 Å². The summed E-state index contributed by atoms with van der Waals surface area (Å²) in [4.78, 5) is 0. The largest absolute Gasteiger partial charge is 0.495 e. The molecule has 2 N–H and O–H groups in total. The SMILES string of the molecule is CNNc1cc(F)ccc1OC. The van der Waals surface area contributed by atoms with Crippen molar-refractivity contribution in [2.75, 3.05) is 19.6 Å². The first kappa shape index (κ1) is 8.80. The molecule has 1 aromatic rings. The fraction of sp³-hybridized carbons (Fsp3) is 0.250. The predicted molar refractivity (Wildman–Crippen MR) is 45.6 cm³/mol. The summed E-state index contributed by atoms with van der Waals surface area (Å²) in [5.41, 5.74) is 6.03. The topological polar surface area (TPSA) is 33.3 Å². The third-order valence-corrected chi connectivity index (χ3v) is 1.42. The Hall–Kier alpha value is -1.29. The summed E-state index contributed by atoms with van der Waals surface area (Å²) < 4.78 is 17.7. The molecular weight excluding hydrogens is 159 g/mol. The summed E-state index contributed by atoms with van der Waals surface area (Å²) in [5, 5.41) is 0. The Morgan fingerprint density at radius 1 is 1.42 bits per heavy atom. The van der Waals surface area contributed by atoms with Gasteiger partial charge in [-0.15, -0.1) is 0 Å². The van der Waals surface area contributed by atoms with Crippen LogP contribution >= 0.6 is 0 Å². The van der Waals surface area contributed by atoms with Crippen molar-refractivity contribution >= 4 is 5.69 Å². The average Bonchev–Trinajstić information content (AvgIpc) is 2.05. The van der Waals surface area contributed by atoms with Gasteiger partial charge in [-0.3, -0.25) is 0 Å². The summed E-state index contributed by atoms with van der Waals surface area (Å²) in [7, 11) is 3.23. The van der Waals surface area contributed by atoms with Crippen LogP contribution in [-0.2, 0) is 0 Å². The predicted octanol–water partition coefficient (Wildman–Crippen LogP) is 1.38. The van der Waals surface area contributed by atoms with Gasteiger partial charge in [0.15, 0.2) is 0 Å². The molecule has 12 heavy (non-hydrogen) atoms. The van der Waals surface area contributed by atoms with Crippen molar-refractivity contribution in [1.29, 1.82) is 0 Å². The third kappa shape index (κ3) is 1.85. The van der Waals surface area contributed by atoms with Crippen LogP contribution in [0.5, 0.6) is 5.75 Å². The highest BCUT2D eigenvalue weighted by atomic mass is 19.1. The molecule has 0 amide bonds. The van der Waals surface area contributed by atoms with E-state index in [9.17, 15) is 4.39 Å². The maximum atomic E-state index is 12.7. The maximum absolute atomic E-state index is 12.7. The van der Waals surface area contributed by atoms with Crippen molar-refractivity contribution in [2.24, 2.45) is 0 Å². The molecule has 0 aliphatic rings. The highest BCUT2D eigenvalue weighted by Crippen LogP contribution is 2.23. The van der Waals surface area contributed by atoms with E-state index in [2.05, 4.69) is 10.9 Å². The van der Waals surface area contributed by atoms with E-state index < -0.39 is 0 Å². The molecule has 0 spiro atoms. The second kappa shape index (κ2) is 3.92. The van der Waals surface area contributed by atoms with E-state index >= 15 is 0 Å². The number of benzene rings is 1. The van der Waals surface area contributed by atoms with Crippen molar-refractivity contribution in [3.63, 3.8) is 0 Å². The fourth-order valence-electron chi connectivity index (χ4n) is 0.913. The lowest BCUT2D eigenvalue weighted by Gasteiger charge is -2.09. The van der Waals surface area contributed by atoms with Crippen LogP contribution < -0.4 is 15.6 Å². The number of ether oxygens (including phenoxy) is 1. The van der Waals surface area contributed by atoms with Crippen LogP contribution in [0.1, 0.15) is 0 Å². The van der Waals surface area contributed by atoms with Gasteiger partial charge in [0.1, 0.15) is 11.6 Å². The molecular formula is C8H11FN2O. The molecule has 1 rings (SSSR count). The van der Waals surface area contributed by atoms with Crippen molar-refractivity contribution in [3.05, 3.63) is 24.0 Å². The Morgan fingerprint density at radius 2 is 2.17 bits per heavy atom. The van der Waals surface area contributed by atoms with Gasteiger partial charge in [0.05, 0.1) is 12.8 Å². The second-order valence-electron chi connectivity index (χ2n) is 2.22. The van der Waals surface area contributed by atoms with Gasteiger partial charge < -0.3 is 10.2 Å². The van der Waals surface area contributed by atoms with Crippen molar-refractivity contribution in [2.45, 2.75) is 0 Å². The number of hydrazine groups is 1. The van der Waals surface area contributed by atoms with E-state index in [1.807, 2.05) is 0 Å². The Labute approximate surface area is 70.5 Å². The first-order chi connectivity index (χ1) is 5.77. The number of hydrogen-bond donors (Lipinski definition) is 2. The van der Waals surface area contributed by atoms with Gasteiger partial charge in [0, 0.05) is 13.1 Å². The number of nitrogens with one attached hydrogen (secondary N) is 2. The van der Waals surface area contributed by atoms with Crippen LogP contribution in [0.3, 0.4) is 0 Å². The lowest BCUT2D eigenvalue weighted by Crippen LogP contribution is -2.15. The van der Waals surface area contributed by atoms with Crippen molar-refractivity contribution in [3.8, 4) is 5.75 Å². The van der Waals surface area contributed by atoms with Crippen LogP contribution in [0.2, 0.25) is 0 Å². The summed E-state index contributed by atoms with van der Waals surface area (Å²) in [6.45, 7) is 0. The van der Waals surface area contributed by atoms with Gasteiger partial charge in [-0.2, -0.15) is 0 Å². The molecule has 66 valence electrons. The van der Waals surface area contributed by atoms with Crippen LogP contribution in [0.4, 0.5) is 10.1 Å². The molecule has 4 heteroatoms. The molecule has 0 fully saturated rings. The molecule has 0 unspecified atom stereocenters. The van der Waals surface area contributed by atoms with Crippen LogP contribution in [0, 0.1) is 5.82 Å².